The van der Waals surface area contributed by atoms with E-state index >= 15 is 0 Å². The lowest BCUT2D eigenvalue weighted by atomic mass is 10.1. The highest BCUT2D eigenvalue weighted by Crippen LogP contribution is 2.18. The minimum atomic E-state index is 0.326. The maximum absolute atomic E-state index is 6.12. The standard InChI is InChI=1S/C20H39N3O2/c1-4-21-20(22-12-7-8-17(2)3)23-13-10-18(11-14-23)25-16-19-9-5-6-15-24-19/h17-19H,4-16H2,1-3H3,(H,21,22). The third kappa shape index (κ3) is 7.95. The molecular weight excluding hydrogens is 314 g/mol. The first-order valence-corrected chi connectivity index (χ1v) is 10.5. The number of rotatable bonds is 8. The molecule has 0 spiro atoms. The molecule has 5 heteroatoms. The first-order chi connectivity index (χ1) is 12.2. The van der Waals surface area contributed by atoms with E-state index in [0.717, 1.165) is 70.5 Å². The lowest BCUT2D eigenvalue weighted by molar-refractivity contribution is -0.0721. The Kier molecular flexibility index (Phi) is 9.63. The van der Waals surface area contributed by atoms with E-state index in [0.29, 0.717) is 12.2 Å². The number of hydrogen-bond donors (Lipinski definition) is 1. The van der Waals surface area contributed by atoms with E-state index in [4.69, 9.17) is 14.5 Å². The van der Waals surface area contributed by atoms with Crippen molar-refractivity contribution < 1.29 is 9.47 Å². The maximum atomic E-state index is 6.12. The molecule has 25 heavy (non-hydrogen) atoms. The van der Waals surface area contributed by atoms with E-state index in [1.54, 1.807) is 0 Å². The van der Waals surface area contributed by atoms with Crippen LogP contribution in [0.25, 0.3) is 0 Å². The summed E-state index contributed by atoms with van der Waals surface area (Å²) >= 11 is 0. The first kappa shape index (κ1) is 20.5. The van der Waals surface area contributed by atoms with Crippen LogP contribution in [-0.4, -0.2) is 62.5 Å². The molecule has 1 atom stereocenters. The van der Waals surface area contributed by atoms with Gasteiger partial charge < -0.3 is 19.7 Å². The lowest BCUT2D eigenvalue weighted by Gasteiger charge is -2.35. The highest BCUT2D eigenvalue weighted by molar-refractivity contribution is 5.80. The molecule has 2 aliphatic heterocycles. The molecule has 0 amide bonds. The van der Waals surface area contributed by atoms with Crippen molar-refractivity contribution in [2.24, 2.45) is 10.9 Å². The summed E-state index contributed by atoms with van der Waals surface area (Å²) in [5, 5.41) is 3.45. The highest BCUT2D eigenvalue weighted by Gasteiger charge is 2.23. The molecule has 0 aromatic carbocycles. The first-order valence-electron chi connectivity index (χ1n) is 10.5. The normalized spacial score (nSPS) is 23.3. The molecule has 1 unspecified atom stereocenters. The molecule has 0 saturated carbocycles. The van der Waals surface area contributed by atoms with Gasteiger partial charge in [0.05, 0.1) is 18.8 Å². The molecule has 1 N–H and O–H groups in total. The zero-order valence-corrected chi connectivity index (χ0v) is 16.6. The van der Waals surface area contributed by atoms with Gasteiger partial charge in [-0.2, -0.15) is 0 Å². The van der Waals surface area contributed by atoms with Crippen LogP contribution in [0.1, 0.15) is 65.7 Å². The molecule has 0 bridgehead atoms. The van der Waals surface area contributed by atoms with Gasteiger partial charge >= 0.3 is 0 Å². The van der Waals surface area contributed by atoms with Crippen LogP contribution in [0, 0.1) is 5.92 Å². The Morgan fingerprint density at radius 3 is 2.68 bits per heavy atom. The van der Waals surface area contributed by atoms with Crippen molar-refractivity contribution in [3.63, 3.8) is 0 Å². The van der Waals surface area contributed by atoms with Gasteiger partial charge in [-0.1, -0.05) is 13.8 Å². The summed E-state index contributed by atoms with van der Waals surface area (Å²) in [4.78, 5) is 7.22. The number of nitrogens with one attached hydrogen (secondary N) is 1. The van der Waals surface area contributed by atoms with Crippen LogP contribution in [-0.2, 0) is 9.47 Å². The van der Waals surface area contributed by atoms with Gasteiger partial charge in [-0.25, -0.2) is 0 Å². The molecular formula is C20H39N3O2. The van der Waals surface area contributed by atoms with E-state index in [2.05, 4.69) is 31.0 Å². The van der Waals surface area contributed by atoms with Crippen molar-refractivity contribution in [2.45, 2.75) is 77.9 Å². The van der Waals surface area contributed by atoms with Gasteiger partial charge in [0, 0.05) is 32.8 Å². The van der Waals surface area contributed by atoms with Crippen molar-refractivity contribution in [1.82, 2.24) is 10.2 Å². The zero-order chi connectivity index (χ0) is 17.9. The third-order valence-electron chi connectivity index (χ3n) is 5.07. The van der Waals surface area contributed by atoms with Crippen LogP contribution in [0.2, 0.25) is 0 Å². The zero-order valence-electron chi connectivity index (χ0n) is 16.6. The summed E-state index contributed by atoms with van der Waals surface area (Å²) in [6.45, 7) is 12.3. The smallest absolute Gasteiger partial charge is 0.193 e. The SMILES string of the molecule is CCNC(=NCCCC(C)C)N1CCC(OCC2CCCCO2)CC1. The predicted molar refractivity (Wildman–Crippen MR) is 104 cm³/mol. The quantitative estimate of drug-likeness (QED) is 0.412. The van der Waals surface area contributed by atoms with Crippen LogP contribution in [0.4, 0.5) is 0 Å². The van der Waals surface area contributed by atoms with E-state index in [1.807, 2.05) is 0 Å². The fraction of sp³-hybridized carbons (Fsp3) is 0.950. The fourth-order valence-electron chi connectivity index (χ4n) is 3.53. The average molecular weight is 354 g/mol. The Balaban J connectivity index is 1.69. The van der Waals surface area contributed by atoms with Crippen LogP contribution in [0.3, 0.4) is 0 Å². The van der Waals surface area contributed by atoms with E-state index in [1.165, 1.54) is 25.7 Å². The van der Waals surface area contributed by atoms with Crippen molar-refractivity contribution >= 4 is 5.96 Å². The van der Waals surface area contributed by atoms with Gasteiger partial charge in [0.25, 0.3) is 0 Å². The Bertz CT molecular complexity index is 373. The number of nitrogens with zero attached hydrogens (tertiary/aromatic N) is 2. The molecule has 2 fully saturated rings. The molecule has 0 aromatic rings. The minimum Gasteiger partial charge on any atom is -0.376 e. The largest absolute Gasteiger partial charge is 0.376 e. The van der Waals surface area contributed by atoms with Crippen LogP contribution < -0.4 is 5.32 Å². The number of likely N-dealkylation sites (tertiary alicyclic amines) is 1. The topological polar surface area (TPSA) is 46.1 Å². The lowest BCUT2D eigenvalue weighted by Crippen LogP contribution is -2.47. The van der Waals surface area contributed by atoms with E-state index in [9.17, 15) is 0 Å². The van der Waals surface area contributed by atoms with Crippen molar-refractivity contribution in [1.29, 1.82) is 0 Å². The Labute approximate surface area is 154 Å². The molecule has 2 saturated heterocycles. The Hall–Kier alpha value is -0.810. The fourth-order valence-corrected chi connectivity index (χ4v) is 3.53. The van der Waals surface area contributed by atoms with Crippen LogP contribution in [0.15, 0.2) is 4.99 Å². The molecule has 0 aromatic heterocycles. The summed E-state index contributed by atoms with van der Waals surface area (Å²) < 4.78 is 11.9. The van der Waals surface area contributed by atoms with Gasteiger partial charge in [-0.05, 0) is 57.8 Å². The summed E-state index contributed by atoms with van der Waals surface area (Å²) in [7, 11) is 0. The van der Waals surface area contributed by atoms with Crippen molar-refractivity contribution in [3.05, 3.63) is 0 Å². The van der Waals surface area contributed by atoms with Gasteiger partial charge in [-0.15, -0.1) is 0 Å². The minimum absolute atomic E-state index is 0.326. The van der Waals surface area contributed by atoms with E-state index < -0.39 is 0 Å². The number of ether oxygens (including phenoxy) is 2. The number of aliphatic imine (C=N–C) groups is 1. The number of piperidine rings is 1. The second kappa shape index (κ2) is 11.7. The number of guanidine groups is 1. The average Bonchev–Trinajstić information content (AvgIpc) is 2.64. The molecule has 2 aliphatic rings. The molecule has 0 radical (unpaired) electrons. The second-order valence-electron chi connectivity index (χ2n) is 7.78. The molecule has 5 nitrogen and oxygen atoms in total. The molecule has 2 heterocycles. The predicted octanol–water partition coefficient (Wildman–Crippen LogP) is 3.44. The van der Waals surface area contributed by atoms with Gasteiger partial charge in [0.15, 0.2) is 5.96 Å². The van der Waals surface area contributed by atoms with Gasteiger partial charge in [0.2, 0.25) is 0 Å². The van der Waals surface area contributed by atoms with Crippen LogP contribution >= 0.6 is 0 Å². The summed E-state index contributed by atoms with van der Waals surface area (Å²) in [6.07, 6.45) is 8.95. The summed E-state index contributed by atoms with van der Waals surface area (Å²) in [5.74, 6) is 1.85. The monoisotopic (exact) mass is 353 g/mol. The molecule has 146 valence electrons. The Morgan fingerprint density at radius 2 is 2.04 bits per heavy atom. The highest BCUT2D eigenvalue weighted by atomic mass is 16.5. The van der Waals surface area contributed by atoms with Crippen molar-refractivity contribution in [3.8, 4) is 0 Å². The maximum Gasteiger partial charge on any atom is 0.193 e. The number of hydrogen-bond acceptors (Lipinski definition) is 3. The Morgan fingerprint density at radius 1 is 1.24 bits per heavy atom. The van der Waals surface area contributed by atoms with Crippen LogP contribution in [0.5, 0.6) is 0 Å². The third-order valence-corrected chi connectivity index (χ3v) is 5.07. The summed E-state index contributed by atoms with van der Waals surface area (Å²) in [5.41, 5.74) is 0. The van der Waals surface area contributed by atoms with E-state index in [-0.39, 0.29) is 0 Å². The van der Waals surface area contributed by atoms with Gasteiger partial charge in [0.1, 0.15) is 0 Å². The second-order valence-corrected chi connectivity index (χ2v) is 7.78. The summed E-state index contributed by atoms with van der Waals surface area (Å²) in [6, 6.07) is 0. The molecule has 2 rings (SSSR count). The molecule has 0 aliphatic carbocycles. The van der Waals surface area contributed by atoms with Gasteiger partial charge in [-0.3, -0.25) is 4.99 Å². The van der Waals surface area contributed by atoms with Crippen molar-refractivity contribution in [2.75, 3.05) is 39.4 Å².